The van der Waals surface area contributed by atoms with Crippen LogP contribution < -0.4 is 20.5 Å². The van der Waals surface area contributed by atoms with E-state index in [2.05, 4.69) is 48.4 Å². The first-order chi connectivity index (χ1) is 12.5. The molecule has 0 aromatic heterocycles. The van der Waals surface area contributed by atoms with Crippen LogP contribution in [0, 0.1) is 0 Å². The number of nitrogens with one attached hydrogen (secondary N) is 1. The molecular weight excluding hydrogens is 326 g/mol. The lowest BCUT2D eigenvalue weighted by Crippen LogP contribution is -2.23. The van der Waals surface area contributed by atoms with Gasteiger partial charge in [0.2, 0.25) is 0 Å². The standard InChI is InChI=1S/C21H27N3O2/c1-13(2)14-5-7-15(8-6-14)17-12-18(17)24-21(22)23-16-9-10-19(25-3)20(11-16)26-4/h5-11,13,17-18H,12H2,1-4H3,(H3,22,23,24). The van der Waals surface area contributed by atoms with E-state index in [1.807, 2.05) is 18.2 Å². The van der Waals surface area contributed by atoms with Gasteiger partial charge in [-0.25, -0.2) is 4.99 Å². The van der Waals surface area contributed by atoms with Crippen molar-refractivity contribution in [2.24, 2.45) is 10.7 Å². The second-order valence-electron chi connectivity index (χ2n) is 6.94. The quantitative estimate of drug-likeness (QED) is 0.606. The van der Waals surface area contributed by atoms with Crippen molar-refractivity contribution >= 4 is 11.6 Å². The Morgan fingerprint density at radius 3 is 2.38 bits per heavy atom. The molecule has 26 heavy (non-hydrogen) atoms. The second-order valence-corrected chi connectivity index (χ2v) is 6.94. The van der Waals surface area contributed by atoms with Crippen molar-refractivity contribution in [2.45, 2.75) is 38.1 Å². The second kappa shape index (κ2) is 7.68. The molecule has 2 atom stereocenters. The molecule has 0 radical (unpaired) electrons. The number of benzene rings is 2. The maximum Gasteiger partial charge on any atom is 0.193 e. The molecular formula is C21H27N3O2. The molecule has 1 aliphatic rings. The lowest BCUT2D eigenvalue weighted by Gasteiger charge is -2.11. The molecule has 5 nitrogen and oxygen atoms in total. The monoisotopic (exact) mass is 353 g/mol. The molecule has 0 amide bonds. The third-order valence-corrected chi connectivity index (χ3v) is 4.75. The molecule has 0 saturated heterocycles. The molecule has 0 aliphatic heterocycles. The number of hydrogen-bond acceptors (Lipinski definition) is 3. The molecule has 2 aromatic carbocycles. The number of hydrogen-bond donors (Lipinski definition) is 2. The zero-order chi connectivity index (χ0) is 18.7. The van der Waals surface area contributed by atoms with E-state index in [1.54, 1.807) is 14.2 Å². The molecule has 2 unspecified atom stereocenters. The summed E-state index contributed by atoms with van der Waals surface area (Å²) in [7, 11) is 3.22. The molecule has 0 spiro atoms. The van der Waals surface area contributed by atoms with Crippen molar-refractivity contribution in [3.05, 3.63) is 53.6 Å². The fourth-order valence-electron chi connectivity index (χ4n) is 3.08. The Morgan fingerprint density at radius 2 is 1.77 bits per heavy atom. The van der Waals surface area contributed by atoms with Gasteiger partial charge in [0.25, 0.3) is 0 Å². The number of guanidine groups is 1. The van der Waals surface area contributed by atoms with E-state index in [0.717, 1.165) is 12.1 Å². The summed E-state index contributed by atoms with van der Waals surface area (Å²) in [6, 6.07) is 14.7. The van der Waals surface area contributed by atoms with Gasteiger partial charge in [0.1, 0.15) is 0 Å². The number of methoxy groups -OCH3 is 2. The van der Waals surface area contributed by atoms with Gasteiger partial charge in [0.05, 0.1) is 20.3 Å². The molecule has 1 saturated carbocycles. The molecule has 5 heteroatoms. The SMILES string of the molecule is COc1ccc(NC(N)=NC2CC2c2ccc(C(C)C)cc2)cc1OC. The van der Waals surface area contributed by atoms with E-state index < -0.39 is 0 Å². The number of nitrogens with two attached hydrogens (primary N) is 1. The Bertz CT molecular complexity index is 784. The first-order valence-electron chi connectivity index (χ1n) is 8.94. The highest BCUT2D eigenvalue weighted by molar-refractivity contribution is 5.92. The molecule has 0 heterocycles. The van der Waals surface area contributed by atoms with Gasteiger partial charge in [0.15, 0.2) is 17.5 Å². The maximum absolute atomic E-state index is 6.08. The first-order valence-corrected chi connectivity index (χ1v) is 8.94. The van der Waals surface area contributed by atoms with Gasteiger partial charge in [-0.3, -0.25) is 0 Å². The first kappa shape index (κ1) is 18.1. The summed E-state index contributed by atoms with van der Waals surface area (Å²) >= 11 is 0. The number of aliphatic imine (C=N–C) groups is 1. The average molecular weight is 353 g/mol. The summed E-state index contributed by atoms with van der Waals surface area (Å²) in [6.45, 7) is 4.42. The normalized spacial score (nSPS) is 19.3. The van der Waals surface area contributed by atoms with Crippen molar-refractivity contribution in [3.63, 3.8) is 0 Å². The molecule has 1 fully saturated rings. The summed E-state index contributed by atoms with van der Waals surface area (Å²) < 4.78 is 10.6. The Balaban J connectivity index is 1.62. The predicted molar refractivity (Wildman–Crippen MR) is 106 cm³/mol. The van der Waals surface area contributed by atoms with Crippen LogP contribution in [0.1, 0.15) is 43.2 Å². The third-order valence-electron chi connectivity index (χ3n) is 4.75. The van der Waals surface area contributed by atoms with Gasteiger partial charge in [-0.05, 0) is 35.6 Å². The molecule has 1 aliphatic carbocycles. The van der Waals surface area contributed by atoms with Crippen molar-refractivity contribution in [1.82, 2.24) is 0 Å². The molecule has 3 rings (SSSR count). The van der Waals surface area contributed by atoms with Crippen LogP contribution in [0.5, 0.6) is 11.5 Å². The topological polar surface area (TPSA) is 68.9 Å². The highest BCUT2D eigenvalue weighted by Crippen LogP contribution is 2.43. The van der Waals surface area contributed by atoms with Crippen LogP contribution in [-0.2, 0) is 0 Å². The Labute approximate surface area is 155 Å². The van der Waals surface area contributed by atoms with Crippen LogP contribution in [0.3, 0.4) is 0 Å². The predicted octanol–water partition coefficient (Wildman–Crippen LogP) is 4.11. The minimum Gasteiger partial charge on any atom is -0.493 e. The highest BCUT2D eigenvalue weighted by atomic mass is 16.5. The molecule has 3 N–H and O–H groups in total. The molecule has 0 bridgehead atoms. The van der Waals surface area contributed by atoms with Crippen LogP contribution >= 0.6 is 0 Å². The smallest absolute Gasteiger partial charge is 0.193 e. The van der Waals surface area contributed by atoms with Gasteiger partial charge >= 0.3 is 0 Å². The number of rotatable bonds is 6. The van der Waals surface area contributed by atoms with Crippen molar-refractivity contribution in [2.75, 3.05) is 19.5 Å². The number of nitrogens with zero attached hydrogens (tertiary/aromatic N) is 1. The van der Waals surface area contributed by atoms with Gasteiger partial charge in [-0.2, -0.15) is 0 Å². The summed E-state index contributed by atoms with van der Waals surface area (Å²) in [4.78, 5) is 4.61. The van der Waals surface area contributed by atoms with Crippen molar-refractivity contribution in [3.8, 4) is 11.5 Å². The van der Waals surface area contributed by atoms with Crippen LogP contribution in [0.25, 0.3) is 0 Å². The van der Waals surface area contributed by atoms with E-state index >= 15 is 0 Å². The van der Waals surface area contributed by atoms with E-state index in [-0.39, 0.29) is 6.04 Å². The summed E-state index contributed by atoms with van der Waals surface area (Å²) in [6.07, 6.45) is 1.04. The van der Waals surface area contributed by atoms with Crippen molar-refractivity contribution in [1.29, 1.82) is 0 Å². The maximum atomic E-state index is 6.08. The zero-order valence-corrected chi connectivity index (χ0v) is 15.8. The Morgan fingerprint density at radius 1 is 1.08 bits per heavy atom. The van der Waals surface area contributed by atoms with E-state index in [4.69, 9.17) is 15.2 Å². The average Bonchev–Trinajstić information content (AvgIpc) is 3.40. The zero-order valence-electron chi connectivity index (χ0n) is 15.8. The fourth-order valence-corrected chi connectivity index (χ4v) is 3.08. The number of anilines is 1. The van der Waals surface area contributed by atoms with E-state index in [0.29, 0.717) is 29.3 Å². The summed E-state index contributed by atoms with van der Waals surface area (Å²) in [5.41, 5.74) is 9.60. The van der Waals surface area contributed by atoms with E-state index in [1.165, 1.54) is 11.1 Å². The third kappa shape index (κ3) is 4.10. The van der Waals surface area contributed by atoms with E-state index in [9.17, 15) is 0 Å². The van der Waals surface area contributed by atoms with Crippen LogP contribution in [-0.4, -0.2) is 26.2 Å². The van der Waals surface area contributed by atoms with Crippen LogP contribution in [0.15, 0.2) is 47.5 Å². The Kier molecular flexibility index (Phi) is 5.35. The van der Waals surface area contributed by atoms with Crippen LogP contribution in [0.4, 0.5) is 5.69 Å². The van der Waals surface area contributed by atoms with Gasteiger partial charge < -0.3 is 20.5 Å². The molecule has 138 valence electrons. The Hall–Kier alpha value is -2.69. The van der Waals surface area contributed by atoms with Crippen molar-refractivity contribution < 1.29 is 9.47 Å². The van der Waals surface area contributed by atoms with Gasteiger partial charge in [-0.1, -0.05) is 38.1 Å². The number of ether oxygens (including phenoxy) is 2. The summed E-state index contributed by atoms with van der Waals surface area (Å²) in [5.74, 6) is 2.77. The summed E-state index contributed by atoms with van der Waals surface area (Å²) in [5, 5.41) is 3.13. The largest absolute Gasteiger partial charge is 0.493 e. The highest BCUT2D eigenvalue weighted by Gasteiger charge is 2.38. The minimum atomic E-state index is 0.243. The minimum absolute atomic E-state index is 0.243. The lowest BCUT2D eigenvalue weighted by atomic mass is 10.0. The van der Waals surface area contributed by atoms with Gasteiger partial charge in [0, 0.05) is 17.7 Å². The van der Waals surface area contributed by atoms with Crippen LogP contribution in [0.2, 0.25) is 0 Å². The molecule has 2 aromatic rings. The fraction of sp³-hybridized carbons (Fsp3) is 0.381. The van der Waals surface area contributed by atoms with Gasteiger partial charge in [-0.15, -0.1) is 0 Å². The lowest BCUT2D eigenvalue weighted by molar-refractivity contribution is 0.355.